The summed E-state index contributed by atoms with van der Waals surface area (Å²) >= 11 is 0. The Morgan fingerprint density at radius 2 is 1.66 bits per heavy atom. The van der Waals surface area contributed by atoms with Gasteiger partial charge in [0.1, 0.15) is 18.8 Å². The van der Waals surface area contributed by atoms with Crippen molar-refractivity contribution in [2.24, 2.45) is 0 Å². The van der Waals surface area contributed by atoms with Crippen molar-refractivity contribution in [3.63, 3.8) is 0 Å². The second kappa shape index (κ2) is 9.87. The van der Waals surface area contributed by atoms with Gasteiger partial charge in [-0.25, -0.2) is 14.3 Å². The molecule has 3 aromatic rings. The number of fused-ring (bicyclic) bond motifs is 3. The van der Waals surface area contributed by atoms with E-state index >= 15 is 0 Å². The second-order valence-electron chi connectivity index (χ2n) is 7.87. The molecule has 0 saturated carbocycles. The van der Waals surface area contributed by atoms with Gasteiger partial charge in [0.15, 0.2) is 0 Å². The molecule has 1 heterocycles. The Balaban J connectivity index is 1.25. The highest BCUT2D eigenvalue weighted by Crippen LogP contribution is 2.44. The fourth-order valence-corrected chi connectivity index (χ4v) is 3.80. The third kappa shape index (κ3) is 5.42. The molecule has 3 N–H and O–H groups in total. The van der Waals surface area contributed by atoms with Crippen LogP contribution >= 0.6 is 0 Å². The molecule has 2 aromatic carbocycles. The molecule has 0 fully saturated rings. The Kier molecular flexibility index (Phi) is 6.71. The number of amides is 2. The third-order valence-electron chi connectivity index (χ3n) is 5.47. The lowest BCUT2D eigenvalue weighted by molar-refractivity contribution is -0.164. The van der Waals surface area contributed by atoms with Crippen LogP contribution in [0.2, 0.25) is 0 Å². The number of ether oxygens (including phenoxy) is 1. The summed E-state index contributed by atoms with van der Waals surface area (Å²) in [6.45, 7) is -1.68. The molecular formula is C23H21F2N5O5. The van der Waals surface area contributed by atoms with Crippen LogP contribution in [-0.4, -0.2) is 57.1 Å². The van der Waals surface area contributed by atoms with Crippen LogP contribution in [0.4, 0.5) is 13.6 Å². The number of rotatable bonds is 9. The number of halogens is 2. The maximum absolute atomic E-state index is 13.0. The maximum Gasteiger partial charge on any atom is 0.407 e. The van der Waals surface area contributed by atoms with Crippen molar-refractivity contribution in [1.29, 1.82) is 0 Å². The fourth-order valence-electron chi connectivity index (χ4n) is 3.80. The topological polar surface area (TPSA) is 135 Å². The Morgan fingerprint density at radius 1 is 1.03 bits per heavy atom. The normalized spacial score (nSPS) is 12.5. The van der Waals surface area contributed by atoms with Crippen LogP contribution in [0.3, 0.4) is 0 Å². The minimum Gasteiger partial charge on any atom is -0.477 e. The molecule has 0 bridgehead atoms. The van der Waals surface area contributed by atoms with Crippen molar-refractivity contribution < 1.29 is 33.0 Å². The minimum atomic E-state index is -4.07. The van der Waals surface area contributed by atoms with E-state index in [1.807, 2.05) is 53.8 Å². The summed E-state index contributed by atoms with van der Waals surface area (Å²) in [5.41, 5.74) is 4.71. The van der Waals surface area contributed by atoms with E-state index in [0.717, 1.165) is 26.9 Å². The van der Waals surface area contributed by atoms with Crippen molar-refractivity contribution >= 4 is 18.0 Å². The van der Waals surface area contributed by atoms with Crippen LogP contribution in [0.5, 0.6) is 0 Å². The average molecular weight is 485 g/mol. The molecule has 1 aliphatic rings. The number of carbonyl (C=O) groups excluding carboxylic acids is 2. The minimum absolute atomic E-state index is 0.0324. The van der Waals surface area contributed by atoms with Gasteiger partial charge in [0.05, 0.1) is 19.3 Å². The summed E-state index contributed by atoms with van der Waals surface area (Å²) in [5.74, 6) is -7.36. The number of aromatic nitrogens is 3. The first-order valence-electron chi connectivity index (χ1n) is 10.6. The van der Waals surface area contributed by atoms with Crippen LogP contribution < -0.4 is 10.6 Å². The lowest BCUT2D eigenvalue weighted by atomic mass is 9.98. The molecule has 2 amide bonds. The first kappa shape index (κ1) is 23.8. The molecule has 182 valence electrons. The molecule has 12 heteroatoms. The molecule has 0 unspecified atom stereocenters. The molecule has 0 atom stereocenters. The number of alkyl carbamates (subject to hydrolysis) is 1. The number of carboxylic acids is 1. The van der Waals surface area contributed by atoms with Gasteiger partial charge in [0.2, 0.25) is 5.91 Å². The largest absolute Gasteiger partial charge is 0.477 e. The van der Waals surface area contributed by atoms with Gasteiger partial charge in [-0.2, -0.15) is 8.78 Å². The highest BCUT2D eigenvalue weighted by Gasteiger charge is 2.39. The predicted octanol–water partition coefficient (Wildman–Crippen LogP) is 2.15. The van der Waals surface area contributed by atoms with Gasteiger partial charge in [-0.05, 0) is 22.3 Å². The van der Waals surface area contributed by atoms with Crippen LogP contribution in [-0.2, 0) is 27.4 Å². The van der Waals surface area contributed by atoms with E-state index in [1.165, 1.54) is 6.20 Å². The van der Waals surface area contributed by atoms with E-state index in [1.54, 1.807) is 0 Å². The van der Waals surface area contributed by atoms with Gasteiger partial charge < -0.3 is 20.5 Å². The summed E-state index contributed by atoms with van der Waals surface area (Å²) in [6, 6.07) is 15.9. The molecule has 35 heavy (non-hydrogen) atoms. The van der Waals surface area contributed by atoms with E-state index in [9.17, 15) is 23.2 Å². The Morgan fingerprint density at radius 3 is 2.29 bits per heavy atom. The first-order chi connectivity index (χ1) is 16.7. The summed E-state index contributed by atoms with van der Waals surface area (Å²) in [4.78, 5) is 34.4. The zero-order valence-corrected chi connectivity index (χ0v) is 18.3. The van der Waals surface area contributed by atoms with Gasteiger partial charge in [-0.3, -0.25) is 4.79 Å². The molecule has 0 saturated heterocycles. The average Bonchev–Trinajstić information content (AvgIpc) is 3.42. The third-order valence-corrected chi connectivity index (χ3v) is 5.47. The Hall–Kier alpha value is -4.35. The summed E-state index contributed by atoms with van der Waals surface area (Å²) in [5, 5.41) is 20.2. The van der Waals surface area contributed by atoms with Gasteiger partial charge in [-0.1, -0.05) is 53.7 Å². The SMILES string of the molecule is O=C(Cn1cc(CNC(=O)OCC2c3ccccc3-c3ccccc32)nn1)NCC(F)(F)C(=O)O. The molecule has 0 aliphatic heterocycles. The molecular weight excluding hydrogens is 464 g/mol. The van der Waals surface area contributed by atoms with Gasteiger partial charge in [0, 0.05) is 5.92 Å². The van der Waals surface area contributed by atoms with Crippen LogP contribution in [0.1, 0.15) is 22.7 Å². The van der Waals surface area contributed by atoms with Crippen molar-refractivity contribution in [1.82, 2.24) is 25.6 Å². The highest BCUT2D eigenvalue weighted by atomic mass is 19.3. The summed E-state index contributed by atoms with van der Waals surface area (Å²) in [6.07, 6.45) is 0.689. The standard InChI is InChI=1S/C23H21F2N5O5/c24-23(25,21(32)33)13-27-20(31)11-30-10-14(28-29-30)9-26-22(34)35-12-19-17-7-3-1-5-15(17)16-6-2-4-8-18(16)19/h1-8,10,19H,9,11-13H2,(H,26,34)(H,27,31)(H,32,33). The van der Waals surface area contributed by atoms with Crippen LogP contribution in [0, 0.1) is 0 Å². The van der Waals surface area contributed by atoms with Crippen molar-refractivity contribution in [2.45, 2.75) is 24.9 Å². The Labute approximate surface area is 197 Å². The van der Waals surface area contributed by atoms with Crippen molar-refractivity contribution in [3.05, 3.63) is 71.5 Å². The number of carboxylic acid groups (broad SMARTS) is 1. The molecule has 0 spiro atoms. The van der Waals surface area contributed by atoms with Crippen LogP contribution in [0.15, 0.2) is 54.7 Å². The molecule has 10 nitrogen and oxygen atoms in total. The number of benzene rings is 2. The monoisotopic (exact) mass is 485 g/mol. The zero-order chi connectivity index (χ0) is 25.0. The van der Waals surface area contributed by atoms with E-state index in [4.69, 9.17) is 9.84 Å². The number of nitrogens with one attached hydrogen (secondary N) is 2. The van der Waals surface area contributed by atoms with Gasteiger partial charge in [-0.15, -0.1) is 5.10 Å². The van der Waals surface area contributed by atoms with E-state index in [2.05, 4.69) is 15.6 Å². The quantitative estimate of drug-likeness (QED) is 0.423. The molecule has 1 aromatic heterocycles. The Bertz CT molecular complexity index is 1220. The molecule has 4 rings (SSSR count). The number of aliphatic carboxylic acids is 1. The molecule has 1 aliphatic carbocycles. The van der Waals surface area contributed by atoms with E-state index in [-0.39, 0.29) is 19.1 Å². The lowest BCUT2D eigenvalue weighted by Crippen LogP contribution is -2.43. The summed E-state index contributed by atoms with van der Waals surface area (Å²) < 4.78 is 32.6. The molecule has 0 radical (unpaired) electrons. The van der Waals surface area contributed by atoms with Gasteiger partial charge in [0.25, 0.3) is 0 Å². The number of hydrogen-bond donors (Lipinski definition) is 3. The lowest BCUT2D eigenvalue weighted by Gasteiger charge is -2.14. The number of nitrogens with zero attached hydrogens (tertiary/aromatic N) is 3. The van der Waals surface area contributed by atoms with E-state index < -0.39 is 37.0 Å². The maximum atomic E-state index is 13.0. The highest BCUT2D eigenvalue weighted by molar-refractivity contribution is 5.80. The van der Waals surface area contributed by atoms with Crippen LogP contribution in [0.25, 0.3) is 11.1 Å². The predicted molar refractivity (Wildman–Crippen MR) is 118 cm³/mol. The van der Waals surface area contributed by atoms with Crippen molar-refractivity contribution in [2.75, 3.05) is 13.2 Å². The fraction of sp³-hybridized carbons (Fsp3) is 0.261. The van der Waals surface area contributed by atoms with E-state index in [0.29, 0.717) is 5.69 Å². The number of carbonyl (C=O) groups is 3. The number of alkyl halides is 2. The number of hydrogen-bond acceptors (Lipinski definition) is 6. The summed E-state index contributed by atoms with van der Waals surface area (Å²) in [7, 11) is 0. The smallest absolute Gasteiger partial charge is 0.407 e. The van der Waals surface area contributed by atoms with Crippen molar-refractivity contribution in [3.8, 4) is 11.1 Å². The first-order valence-corrected chi connectivity index (χ1v) is 10.6. The second-order valence-corrected chi connectivity index (χ2v) is 7.87. The van der Waals surface area contributed by atoms with Gasteiger partial charge >= 0.3 is 18.0 Å². The zero-order valence-electron chi connectivity index (χ0n) is 18.3.